The lowest BCUT2D eigenvalue weighted by Gasteiger charge is -2.12. The van der Waals surface area contributed by atoms with Gasteiger partial charge in [0.15, 0.2) is 0 Å². The van der Waals surface area contributed by atoms with Crippen LogP contribution in [0.25, 0.3) is 0 Å². The number of carbonyl (C=O) groups is 1. The number of fused-ring (bicyclic) bond motifs is 1. The zero-order valence-electron chi connectivity index (χ0n) is 17.1. The van der Waals surface area contributed by atoms with Gasteiger partial charge in [0.1, 0.15) is 10.8 Å². The lowest BCUT2D eigenvalue weighted by atomic mass is 9.95. The molecule has 0 radical (unpaired) electrons. The molecule has 1 N–H and O–H groups in total. The first-order chi connectivity index (χ1) is 15.1. The molecule has 0 bridgehead atoms. The lowest BCUT2D eigenvalue weighted by Crippen LogP contribution is -2.14. The molecule has 0 aliphatic heterocycles. The van der Waals surface area contributed by atoms with Crippen molar-refractivity contribution in [2.75, 3.05) is 11.9 Å². The van der Waals surface area contributed by atoms with Crippen LogP contribution < -0.4 is 10.1 Å². The summed E-state index contributed by atoms with van der Waals surface area (Å²) in [5.74, 6) is 0.837. The van der Waals surface area contributed by atoms with Crippen LogP contribution in [0.4, 0.5) is 10.7 Å². The van der Waals surface area contributed by atoms with Gasteiger partial charge in [-0.2, -0.15) is 0 Å². The molecule has 31 heavy (non-hydrogen) atoms. The zero-order chi connectivity index (χ0) is 21.8. The SMILES string of the molecule is CCOc1c(I)cc(C=Nc2sc3c(c2C(=O)Nc2ccccc2)CCCC3)cc1I. The third-order valence-corrected chi connectivity index (χ3v) is 7.85. The summed E-state index contributed by atoms with van der Waals surface area (Å²) in [6.07, 6.45) is 6.12. The topological polar surface area (TPSA) is 50.7 Å². The van der Waals surface area contributed by atoms with E-state index >= 15 is 0 Å². The van der Waals surface area contributed by atoms with Crippen LogP contribution in [0.15, 0.2) is 47.5 Å². The number of nitrogens with one attached hydrogen (secondary N) is 1. The Labute approximate surface area is 213 Å². The van der Waals surface area contributed by atoms with Gasteiger partial charge in [-0.05, 0) is 113 Å². The van der Waals surface area contributed by atoms with Gasteiger partial charge in [0.2, 0.25) is 0 Å². The summed E-state index contributed by atoms with van der Waals surface area (Å²) in [7, 11) is 0. The Kier molecular flexibility index (Phi) is 7.65. The fourth-order valence-electron chi connectivity index (χ4n) is 3.66. The summed E-state index contributed by atoms with van der Waals surface area (Å²) in [6.45, 7) is 2.63. The Hall–Kier alpha value is -1.46. The highest BCUT2D eigenvalue weighted by molar-refractivity contribution is 14.1. The predicted molar refractivity (Wildman–Crippen MR) is 146 cm³/mol. The van der Waals surface area contributed by atoms with E-state index in [1.165, 1.54) is 16.9 Å². The highest BCUT2D eigenvalue weighted by Crippen LogP contribution is 2.40. The van der Waals surface area contributed by atoms with Crippen LogP contribution in [0, 0.1) is 7.14 Å². The first-order valence-electron chi connectivity index (χ1n) is 10.2. The second kappa shape index (κ2) is 10.4. The molecule has 1 aromatic heterocycles. The fraction of sp³-hybridized carbons (Fsp3) is 0.250. The number of nitrogens with zero attached hydrogens (tertiary/aromatic N) is 1. The van der Waals surface area contributed by atoms with Crippen molar-refractivity contribution in [3.63, 3.8) is 0 Å². The normalized spacial score (nSPS) is 13.3. The van der Waals surface area contributed by atoms with Crippen molar-refractivity contribution in [1.29, 1.82) is 0 Å². The van der Waals surface area contributed by atoms with Crippen molar-refractivity contribution >= 4 is 79.3 Å². The Balaban J connectivity index is 1.67. The predicted octanol–water partition coefficient (Wildman–Crippen LogP) is 7.24. The van der Waals surface area contributed by atoms with Crippen molar-refractivity contribution in [2.45, 2.75) is 32.6 Å². The standard InChI is InChI=1S/C24H22I2N2O2S/c1-2-30-22-18(25)12-15(13-19(22)26)14-27-24-21(17-10-6-7-11-20(17)31-24)23(29)28-16-8-4-3-5-9-16/h3-5,8-9,12-14H,2,6-7,10-11H2,1H3,(H,28,29). The second-order valence-corrected chi connectivity index (χ2v) is 10.6. The molecule has 0 spiro atoms. The van der Waals surface area contributed by atoms with E-state index in [2.05, 4.69) is 62.6 Å². The van der Waals surface area contributed by atoms with Crippen LogP contribution in [0.2, 0.25) is 0 Å². The number of carbonyl (C=O) groups excluding carboxylic acids is 1. The van der Waals surface area contributed by atoms with E-state index in [4.69, 9.17) is 9.73 Å². The van der Waals surface area contributed by atoms with Crippen molar-refractivity contribution in [1.82, 2.24) is 0 Å². The summed E-state index contributed by atoms with van der Waals surface area (Å²) in [5.41, 5.74) is 3.70. The fourth-order valence-corrected chi connectivity index (χ4v) is 7.02. The highest BCUT2D eigenvalue weighted by atomic mass is 127. The van der Waals surface area contributed by atoms with Crippen molar-refractivity contribution in [3.8, 4) is 5.75 Å². The summed E-state index contributed by atoms with van der Waals surface area (Å²) in [4.78, 5) is 19.3. The smallest absolute Gasteiger partial charge is 0.259 e. The second-order valence-electron chi connectivity index (χ2n) is 7.22. The van der Waals surface area contributed by atoms with E-state index in [0.29, 0.717) is 6.61 Å². The van der Waals surface area contributed by atoms with Crippen LogP contribution in [0.5, 0.6) is 5.75 Å². The van der Waals surface area contributed by atoms with Gasteiger partial charge >= 0.3 is 0 Å². The summed E-state index contributed by atoms with van der Waals surface area (Å²) < 4.78 is 7.85. The van der Waals surface area contributed by atoms with Crippen LogP contribution in [0.1, 0.15) is 46.1 Å². The lowest BCUT2D eigenvalue weighted by molar-refractivity contribution is 0.102. The molecule has 1 aliphatic carbocycles. The van der Waals surface area contributed by atoms with E-state index in [0.717, 1.165) is 54.0 Å². The Morgan fingerprint density at radius 2 is 1.87 bits per heavy atom. The average Bonchev–Trinajstić information content (AvgIpc) is 3.14. The number of halogens is 2. The number of rotatable bonds is 6. The van der Waals surface area contributed by atoms with Crippen molar-refractivity contribution < 1.29 is 9.53 Å². The first-order valence-corrected chi connectivity index (χ1v) is 13.2. The molecule has 1 heterocycles. The minimum absolute atomic E-state index is 0.0754. The number of ether oxygens (including phenoxy) is 1. The molecule has 0 saturated carbocycles. The number of aliphatic imine (C=N–C) groups is 1. The zero-order valence-corrected chi connectivity index (χ0v) is 22.2. The maximum Gasteiger partial charge on any atom is 0.259 e. The Morgan fingerprint density at radius 3 is 2.58 bits per heavy atom. The molecule has 4 rings (SSSR count). The molecule has 0 atom stereocenters. The number of para-hydroxylation sites is 1. The summed E-state index contributed by atoms with van der Waals surface area (Å²) >= 11 is 6.24. The minimum Gasteiger partial charge on any atom is -0.492 e. The van der Waals surface area contributed by atoms with E-state index in [9.17, 15) is 4.79 Å². The van der Waals surface area contributed by atoms with Gasteiger partial charge in [-0.3, -0.25) is 4.79 Å². The maximum absolute atomic E-state index is 13.2. The molecular weight excluding hydrogens is 634 g/mol. The van der Waals surface area contributed by atoms with Crippen LogP contribution in [-0.4, -0.2) is 18.7 Å². The molecule has 3 aromatic rings. The molecule has 1 aliphatic rings. The van der Waals surface area contributed by atoms with E-state index < -0.39 is 0 Å². The molecule has 0 saturated heterocycles. The van der Waals surface area contributed by atoms with Crippen molar-refractivity contribution in [3.05, 3.63) is 71.2 Å². The number of aryl methyl sites for hydroxylation is 1. The highest BCUT2D eigenvalue weighted by Gasteiger charge is 2.25. The quantitative estimate of drug-likeness (QED) is 0.225. The van der Waals surface area contributed by atoms with Gasteiger partial charge in [-0.1, -0.05) is 18.2 Å². The largest absolute Gasteiger partial charge is 0.492 e. The molecule has 2 aromatic carbocycles. The average molecular weight is 656 g/mol. The van der Waals surface area contributed by atoms with Gasteiger partial charge in [-0.25, -0.2) is 4.99 Å². The van der Waals surface area contributed by atoms with Gasteiger partial charge in [0.05, 0.1) is 19.3 Å². The molecule has 0 fully saturated rings. The van der Waals surface area contributed by atoms with Gasteiger partial charge in [0.25, 0.3) is 5.91 Å². The third kappa shape index (κ3) is 5.31. The third-order valence-electron chi connectivity index (χ3n) is 5.05. The van der Waals surface area contributed by atoms with Crippen LogP contribution >= 0.6 is 56.5 Å². The monoisotopic (exact) mass is 656 g/mol. The van der Waals surface area contributed by atoms with Crippen LogP contribution in [-0.2, 0) is 12.8 Å². The van der Waals surface area contributed by atoms with E-state index in [-0.39, 0.29) is 5.91 Å². The van der Waals surface area contributed by atoms with E-state index in [1.54, 1.807) is 11.3 Å². The molecular formula is C24H22I2N2O2S. The van der Waals surface area contributed by atoms with Crippen molar-refractivity contribution in [2.24, 2.45) is 4.99 Å². The van der Waals surface area contributed by atoms with Crippen LogP contribution in [0.3, 0.4) is 0 Å². The number of hydrogen-bond donors (Lipinski definition) is 1. The molecule has 1 amide bonds. The number of thiophene rings is 1. The maximum atomic E-state index is 13.2. The molecule has 160 valence electrons. The van der Waals surface area contributed by atoms with Gasteiger partial charge in [-0.15, -0.1) is 11.3 Å². The van der Waals surface area contributed by atoms with E-state index in [1.807, 2.05) is 43.5 Å². The summed E-state index contributed by atoms with van der Waals surface area (Å²) in [5, 5.41) is 3.84. The molecule has 0 unspecified atom stereocenters. The number of hydrogen-bond acceptors (Lipinski definition) is 4. The minimum atomic E-state index is -0.0754. The molecule has 4 nitrogen and oxygen atoms in total. The van der Waals surface area contributed by atoms with Gasteiger partial charge < -0.3 is 10.1 Å². The number of benzene rings is 2. The van der Waals surface area contributed by atoms with Gasteiger partial charge in [0, 0.05) is 16.8 Å². The summed E-state index contributed by atoms with van der Waals surface area (Å²) in [6, 6.07) is 13.7. The molecule has 7 heteroatoms. The number of anilines is 1. The first kappa shape index (κ1) is 22.7. The Bertz CT molecular complexity index is 1100. The number of amides is 1. The Morgan fingerprint density at radius 1 is 1.16 bits per heavy atom.